The molecule has 4 nitrogen and oxygen atoms in total. The first-order chi connectivity index (χ1) is 29.7. The Balaban J connectivity index is 3.67. The number of hydrogen-bond acceptors (Lipinski definition) is 3. The largest absolute Gasteiger partial charge is 0.394 e. The second-order valence-corrected chi connectivity index (χ2v) is 16.5. The minimum Gasteiger partial charge on any atom is -0.394 e. The molecule has 0 aromatic heterocycles. The van der Waals surface area contributed by atoms with Crippen LogP contribution in [0.1, 0.15) is 219 Å². The topological polar surface area (TPSA) is 69.6 Å². The van der Waals surface area contributed by atoms with Crippen molar-refractivity contribution in [2.24, 2.45) is 0 Å². The molecule has 0 aliphatic carbocycles. The van der Waals surface area contributed by atoms with Crippen LogP contribution >= 0.6 is 0 Å². The highest BCUT2D eigenvalue weighted by Crippen LogP contribution is 2.14. The molecule has 0 saturated carbocycles. The lowest BCUT2D eigenvalue weighted by molar-refractivity contribution is -0.123. The van der Waals surface area contributed by atoms with Gasteiger partial charge in [-0.05, 0) is 89.9 Å². The minimum absolute atomic E-state index is 0.0894. The molecule has 0 rings (SSSR count). The van der Waals surface area contributed by atoms with Crippen molar-refractivity contribution in [3.05, 3.63) is 109 Å². The minimum atomic E-state index is -0.875. The van der Waals surface area contributed by atoms with Crippen LogP contribution in [0.2, 0.25) is 0 Å². The summed E-state index contributed by atoms with van der Waals surface area (Å²) in [6, 6.07) is -0.653. The highest BCUT2D eigenvalue weighted by molar-refractivity contribution is 5.76. The Labute approximate surface area is 372 Å². The Kier molecular flexibility index (Phi) is 47.9. The number of aliphatic hydroxyl groups excluding tert-OH is 2. The van der Waals surface area contributed by atoms with Crippen LogP contribution in [0.3, 0.4) is 0 Å². The molecule has 0 bridgehead atoms. The van der Waals surface area contributed by atoms with Crippen molar-refractivity contribution in [3.63, 3.8) is 0 Å². The van der Waals surface area contributed by atoms with Crippen molar-refractivity contribution in [3.8, 4) is 0 Å². The normalized spacial score (nSPS) is 13.9. The Morgan fingerprint density at radius 1 is 0.417 bits per heavy atom. The van der Waals surface area contributed by atoms with Crippen LogP contribution in [0.25, 0.3) is 0 Å². The molecule has 0 aromatic carbocycles. The fraction of sp³-hybridized carbons (Fsp3) is 0.661. The lowest BCUT2D eigenvalue weighted by atomic mass is 10.0. The van der Waals surface area contributed by atoms with E-state index in [2.05, 4.69) is 116 Å². The fourth-order valence-corrected chi connectivity index (χ4v) is 6.94. The maximum Gasteiger partial charge on any atom is 0.220 e. The van der Waals surface area contributed by atoms with E-state index in [1.165, 1.54) is 109 Å². The van der Waals surface area contributed by atoms with E-state index in [1.54, 1.807) is 6.08 Å². The second kappa shape index (κ2) is 50.4. The van der Waals surface area contributed by atoms with E-state index in [0.717, 1.165) is 89.9 Å². The van der Waals surface area contributed by atoms with Crippen molar-refractivity contribution >= 4 is 5.91 Å². The number of amides is 1. The molecule has 0 aromatic rings. The van der Waals surface area contributed by atoms with E-state index in [9.17, 15) is 15.0 Å². The molecule has 2 atom stereocenters. The summed E-state index contributed by atoms with van der Waals surface area (Å²) in [5.74, 6) is -0.0894. The van der Waals surface area contributed by atoms with Gasteiger partial charge in [0.2, 0.25) is 5.91 Å². The highest BCUT2D eigenvalue weighted by Gasteiger charge is 2.17. The number of rotatable bonds is 44. The maximum atomic E-state index is 12.4. The molecule has 0 saturated heterocycles. The van der Waals surface area contributed by atoms with Gasteiger partial charge in [-0.2, -0.15) is 0 Å². The molecule has 0 heterocycles. The Bertz CT molecular complexity index is 1170. The average Bonchev–Trinajstić information content (AvgIpc) is 3.25. The number of carbonyl (C=O) groups is 1. The molecule has 0 aliphatic heterocycles. The van der Waals surface area contributed by atoms with Crippen molar-refractivity contribution in [1.29, 1.82) is 0 Å². The van der Waals surface area contributed by atoms with Gasteiger partial charge >= 0.3 is 0 Å². The van der Waals surface area contributed by atoms with Crippen LogP contribution in [-0.2, 0) is 4.79 Å². The first kappa shape index (κ1) is 57.1. The summed E-state index contributed by atoms with van der Waals surface area (Å²) < 4.78 is 0. The van der Waals surface area contributed by atoms with Gasteiger partial charge in [0, 0.05) is 6.42 Å². The van der Waals surface area contributed by atoms with E-state index >= 15 is 0 Å². The lowest BCUT2D eigenvalue weighted by Gasteiger charge is -2.19. The summed E-state index contributed by atoms with van der Waals surface area (Å²) >= 11 is 0. The van der Waals surface area contributed by atoms with E-state index < -0.39 is 12.1 Å². The molecule has 60 heavy (non-hydrogen) atoms. The Hall–Kier alpha value is -2.95. The molecule has 0 aliphatic rings. The molecule has 4 heteroatoms. The van der Waals surface area contributed by atoms with Gasteiger partial charge in [-0.1, -0.05) is 232 Å². The number of unbranched alkanes of at least 4 members (excludes halogenated alkanes) is 21. The van der Waals surface area contributed by atoms with E-state index in [0.29, 0.717) is 6.42 Å². The molecule has 0 radical (unpaired) electrons. The third-order valence-electron chi connectivity index (χ3n) is 10.7. The van der Waals surface area contributed by atoms with Gasteiger partial charge in [0.05, 0.1) is 18.8 Å². The van der Waals surface area contributed by atoms with Gasteiger partial charge < -0.3 is 15.5 Å². The number of allylic oxidation sites excluding steroid dienone is 17. The second-order valence-electron chi connectivity index (χ2n) is 16.5. The van der Waals surface area contributed by atoms with Gasteiger partial charge in [-0.15, -0.1) is 0 Å². The number of hydrogen-bond donors (Lipinski definition) is 3. The number of aliphatic hydroxyl groups is 2. The first-order valence-corrected chi connectivity index (χ1v) is 25.1. The van der Waals surface area contributed by atoms with Crippen molar-refractivity contribution in [2.45, 2.75) is 231 Å². The zero-order valence-electron chi connectivity index (χ0n) is 39.2. The van der Waals surface area contributed by atoms with Crippen LogP contribution in [0.5, 0.6) is 0 Å². The van der Waals surface area contributed by atoms with Crippen molar-refractivity contribution < 1.29 is 15.0 Å². The molecule has 2 unspecified atom stereocenters. The standard InChI is InChI=1S/C56H95NO3/c1-3-5-7-9-11-13-15-17-19-21-23-24-25-26-27-28-29-30-31-32-34-36-38-40-42-44-46-48-50-52-56(60)57-54(53-58)55(59)51-49-47-45-43-41-39-37-35-33-22-20-18-16-14-12-10-8-6-4-2/h5,7,11,13,17,19,23-24,26-27,29-30,32,34,41,43,49,51,54-55,58-59H,3-4,6,8-10,12,14-16,18,20-22,25,28,31,33,35-40,42,44-48,50,52-53H2,1-2H3,(H,57,60)/b7-5-,13-11-,19-17-,24-23-,27-26-,30-29-,34-32-,43-41+,51-49+. The van der Waals surface area contributed by atoms with E-state index in [1.807, 2.05) is 6.08 Å². The summed E-state index contributed by atoms with van der Waals surface area (Å²) in [5.41, 5.74) is 0. The number of nitrogens with one attached hydrogen (secondary N) is 1. The quantitative estimate of drug-likeness (QED) is 0.0423. The van der Waals surface area contributed by atoms with Crippen LogP contribution in [0.15, 0.2) is 109 Å². The van der Waals surface area contributed by atoms with Crippen LogP contribution in [0.4, 0.5) is 0 Å². The molecule has 1 amide bonds. The van der Waals surface area contributed by atoms with Gasteiger partial charge in [-0.3, -0.25) is 4.79 Å². The summed E-state index contributed by atoms with van der Waals surface area (Å²) in [4.78, 5) is 12.4. The average molecular weight is 830 g/mol. The smallest absolute Gasteiger partial charge is 0.220 e. The van der Waals surface area contributed by atoms with Crippen LogP contribution in [0, 0.1) is 0 Å². The molecule has 0 spiro atoms. The Morgan fingerprint density at radius 3 is 1.17 bits per heavy atom. The maximum absolute atomic E-state index is 12.4. The first-order valence-electron chi connectivity index (χ1n) is 25.1. The summed E-state index contributed by atoms with van der Waals surface area (Å²) in [5, 5.41) is 23.1. The third-order valence-corrected chi connectivity index (χ3v) is 10.7. The third kappa shape index (κ3) is 46.1. The monoisotopic (exact) mass is 830 g/mol. The zero-order chi connectivity index (χ0) is 43.5. The summed E-state index contributed by atoms with van der Waals surface area (Å²) in [6.45, 7) is 4.18. The van der Waals surface area contributed by atoms with E-state index in [-0.39, 0.29) is 12.5 Å². The molecule has 0 fully saturated rings. The van der Waals surface area contributed by atoms with Crippen molar-refractivity contribution in [2.75, 3.05) is 6.61 Å². The predicted molar refractivity (Wildman–Crippen MR) is 266 cm³/mol. The van der Waals surface area contributed by atoms with Crippen LogP contribution in [-0.4, -0.2) is 34.9 Å². The van der Waals surface area contributed by atoms with E-state index in [4.69, 9.17) is 0 Å². The highest BCUT2D eigenvalue weighted by atomic mass is 16.3. The molecule has 342 valence electrons. The lowest BCUT2D eigenvalue weighted by Crippen LogP contribution is -2.45. The van der Waals surface area contributed by atoms with Gasteiger partial charge in [0.25, 0.3) is 0 Å². The number of carbonyl (C=O) groups excluding carboxylic acids is 1. The zero-order valence-corrected chi connectivity index (χ0v) is 39.2. The summed E-state index contributed by atoms with van der Waals surface area (Å²) in [6.07, 6.45) is 76.4. The molecule has 3 N–H and O–H groups in total. The molecular weight excluding hydrogens is 735 g/mol. The van der Waals surface area contributed by atoms with Gasteiger partial charge in [-0.25, -0.2) is 0 Å². The van der Waals surface area contributed by atoms with Gasteiger partial charge in [0.15, 0.2) is 0 Å². The SMILES string of the molecule is CC/C=C\C/C=C\C/C=C\C/C=C\C/C=C\C/C=C\C/C=C\CCCCCCCCCC(=O)NC(CO)C(O)/C=C/CC/C=C/CCCCCCCCCCCCCCC. The van der Waals surface area contributed by atoms with Gasteiger partial charge in [0.1, 0.15) is 0 Å². The van der Waals surface area contributed by atoms with Crippen molar-refractivity contribution in [1.82, 2.24) is 5.32 Å². The summed E-state index contributed by atoms with van der Waals surface area (Å²) in [7, 11) is 0. The molecular formula is C56H95NO3. The Morgan fingerprint density at radius 2 is 0.750 bits per heavy atom. The predicted octanol–water partition coefficient (Wildman–Crippen LogP) is 16.4. The van der Waals surface area contributed by atoms with Crippen LogP contribution < -0.4 is 5.32 Å². The fourth-order valence-electron chi connectivity index (χ4n) is 6.94.